The maximum Gasteiger partial charge on any atom is 0.328 e. The normalized spacial score (nSPS) is 16.2. The summed E-state index contributed by atoms with van der Waals surface area (Å²) < 4.78 is 26.8. The zero-order valence-electron chi connectivity index (χ0n) is 10.4. The van der Waals surface area contributed by atoms with Crippen molar-refractivity contribution in [2.75, 3.05) is 18.0 Å². The number of hydrogen-bond acceptors (Lipinski definition) is 4. The van der Waals surface area contributed by atoms with Gasteiger partial charge in [-0.25, -0.2) is 4.39 Å². The van der Waals surface area contributed by atoms with Gasteiger partial charge in [-0.05, 0) is 12.8 Å². The van der Waals surface area contributed by atoms with Gasteiger partial charge in [0.1, 0.15) is 11.5 Å². The first kappa shape index (κ1) is 14.2. The van der Waals surface area contributed by atoms with Gasteiger partial charge in [0.25, 0.3) is 0 Å². The fourth-order valence-corrected chi connectivity index (χ4v) is 2.34. The Balaban J connectivity index is 2.30. The molecule has 0 aromatic heterocycles. The van der Waals surface area contributed by atoms with E-state index in [1.165, 1.54) is 4.90 Å². The summed E-state index contributed by atoms with van der Waals surface area (Å²) in [7, 11) is 0. The van der Waals surface area contributed by atoms with Crippen molar-refractivity contribution in [2.45, 2.75) is 12.8 Å². The smallest absolute Gasteiger partial charge is 0.328 e. The Kier molecular flexibility index (Phi) is 3.82. The Morgan fingerprint density at radius 3 is 2.45 bits per heavy atom. The number of nitrogens with zero attached hydrogens (tertiary/aromatic N) is 2. The highest BCUT2D eigenvalue weighted by molar-refractivity contribution is 5.71. The minimum Gasteiger partial charge on any atom is -0.481 e. The molecule has 20 heavy (non-hydrogen) atoms. The fourth-order valence-electron chi connectivity index (χ4n) is 2.34. The largest absolute Gasteiger partial charge is 0.481 e. The van der Waals surface area contributed by atoms with Crippen LogP contribution in [0.5, 0.6) is 0 Å². The SMILES string of the molecule is O=C(O)C1CCN(c2cc(F)cc(F)c2[N+](=O)[O-])CC1. The van der Waals surface area contributed by atoms with E-state index in [1.54, 1.807) is 0 Å². The van der Waals surface area contributed by atoms with E-state index in [9.17, 15) is 23.7 Å². The molecule has 8 heteroatoms. The summed E-state index contributed by atoms with van der Waals surface area (Å²) in [6, 6.07) is 1.37. The molecule has 108 valence electrons. The van der Waals surface area contributed by atoms with Crippen molar-refractivity contribution in [1.82, 2.24) is 0 Å². The first-order valence-corrected chi connectivity index (χ1v) is 6.01. The van der Waals surface area contributed by atoms with Gasteiger partial charge < -0.3 is 10.0 Å². The number of anilines is 1. The predicted molar refractivity (Wildman–Crippen MR) is 65.6 cm³/mol. The Labute approximate surface area is 112 Å². The van der Waals surface area contributed by atoms with E-state index in [0.29, 0.717) is 6.07 Å². The number of aliphatic carboxylic acids is 1. The number of halogens is 2. The number of piperidine rings is 1. The highest BCUT2D eigenvalue weighted by Crippen LogP contribution is 2.34. The first-order valence-electron chi connectivity index (χ1n) is 6.01. The van der Waals surface area contributed by atoms with Gasteiger partial charge >= 0.3 is 11.7 Å². The van der Waals surface area contributed by atoms with Crippen LogP contribution in [-0.2, 0) is 4.79 Å². The Hall–Kier alpha value is -2.25. The Morgan fingerprint density at radius 1 is 1.35 bits per heavy atom. The average Bonchev–Trinajstić information content (AvgIpc) is 2.37. The Morgan fingerprint density at radius 2 is 1.95 bits per heavy atom. The molecule has 0 atom stereocenters. The number of nitro benzene ring substituents is 1. The lowest BCUT2D eigenvalue weighted by Gasteiger charge is -2.31. The van der Waals surface area contributed by atoms with Crippen LogP contribution >= 0.6 is 0 Å². The molecule has 1 heterocycles. The summed E-state index contributed by atoms with van der Waals surface area (Å²) in [6.07, 6.45) is 0.565. The second-order valence-electron chi connectivity index (χ2n) is 4.61. The lowest BCUT2D eigenvalue weighted by Crippen LogP contribution is -2.36. The lowest BCUT2D eigenvalue weighted by atomic mass is 9.96. The zero-order chi connectivity index (χ0) is 14.9. The minimum absolute atomic E-state index is 0.142. The topological polar surface area (TPSA) is 83.7 Å². The molecule has 1 aliphatic heterocycles. The summed E-state index contributed by atoms with van der Waals surface area (Å²) >= 11 is 0. The standard InChI is InChI=1S/C12H12F2N2O4/c13-8-5-9(14)11(16(19)20)10(6-8)15-3-1-7(2-4-15)12(17)18/h5-7H,1-4H2,(H,17,18). The molecule has 0 bridgehead atoms. The molecule has 0 radical (unpaired) electrons. The molecule has 1 aliphatic rings. The van der Waals surface area contributed by atoms with Crippen molar-refractivity contribution >= 4 is 17.3 Å². The number of hydrogen-bond donors (Lipinski definition) is 1. The molecule has 0 unspecified atom stereocenters. The molecule has 1 aromatic rings. The van der Waals surface area contributed by atoms with E-state index in [-0.39, 0.29) is 31.6 Å². The number of rotatable bonds is 3. The van der Waals surface area contributed by atoms with Crippen molar-refractivity contribution in [2.24, 2.45) is 5.92 Å². The molecule has 1 fully saturated rings. The van der Waals surface area contributed by atoms with Crippen LogP contribution in [0.4, 0.5) is 20.2 Å². The minimum atomic E-state index is -1.23. The van der Waals surface area contributed by atoms with Crippen molar-refractivity contribution < 1.29 is 23.6 Å². The molecule has 1 saturated heterocycles. The van der Waals surface area contributed by atoms with Crippen molar-refractivity contribution in [3.63, 3.8) is 0 Å². The monoisotopic (exact) mass is 286 g/mol. The van der Waals surface area contributed by atoms with Crippen LogP contribution in [0.3, 0.4) is 0 Å². The Bertz CT molecular complexity index is 557. The van der Waals surface area contributed by atoms with Gasteiger partial charge in [-0.2, -0.15) is 4.39 Å². The molecule has 0 amide bonds. The third-order valence-corrected chi connectivity index (χ3v) is 3.38. The molecular weight excluding hydrogens is 274 g/mol. The van der Waals surface area contributed by atoms with Gasteiger partial charge in [-0.15, -0.1) is 0 Å². The molecule has 0 spiro atoms. The van der Waals surface area contributed by atoms with Crippen molar-refractivity contribution in [3.8, 4) is 0 Å². The van der Waals surface area contributed by atoms with E-state index < -0.39 is 34.1 Å². The van der Waals surface area contributed by atoms with Crippen LogP contribution in [-0.4, -0.2) is 29.1 Å². The first-order chi connectivity index (χ1) is 9.40. The molecule has 1 aromatic carbocycles. The number of benzene rings is 1. The maximum absolute atomic E-state index is 13.5. The van der Waals surface area contributed by atoms with Gasteiger partial charge in [0, 0.05) is 25.2 Å². The van der Waals surface area contributed by atoms with Crippen LogP contribution in [0, 0.1) is 27.7 Å². The van der Waals surface area contributed by atoms with Gasteiger partial charge in [0.2, 0.25) is 5.82 Å². The second kappa shape index (κ2) is 5.40. The van der Waals surface area contributed by atoms with Gasteiger partial charge in [-0.3, -0.25) is 14.9 Å². The number of carboxylic acids is 1. The summed E-state index contributed by atoms with van der Waals surface area (Å²) in [5.74, 6) is -3.58. The van der Waals surface area contributed by atoms with E-state index in [4.69, 9.17) is 5.11 Å². The van der Waals surface area contributed by atoms with Crippen LogP contribution < -0.4 is 4.90 Å². The number of carboxylic acid groups (broad SMARTS) is 1. The number of nitro groups is 1. The molecular formula is C12H12F2N2O4. The summed E-state index contributed by atoms with van der Waals surface area (Å²) in [4.78, 5) is 22.3. The van der Waals surface area contributed by atoms with Crippen LogP contribution in [0.15, 0.2) is 12.1 Å². The van der Waals surface area contributed by atoms with Crippen molar-refractivity contribution in [1.29, 1.82) is 0 Å². The van der Waals surface area contributed by atoms with Crippen LogP contribution in [0.1, 0.15) is 12.8 Å². The van der Waals surface area contributed by atoms with Gasteiger partial charge in [0.05, 0.1) is 10.8 Å². The zero-order valence-corrected chi connectivity index (χ0v) is 10.4. The van der Waals surface area contributed by atoms with E-state index >= 15 is 0 Å². The maximum atomic E-state index is 13.5. The molecule has 6 nitrogen and oxygen atoms in total. The van der Waals surface area contributed by atoms with Crippen molar-refractivity contribution in [3.05, 3.63) is 33.9 Å². The van der Waals surface area contributed by atoms with E-state index in [1.807, 2.05) is 0 Å². The van der Waals surface area contributed by atoms with Crippen LogP contribution in [0.2, 0.25) is 0 Å². The summed E-state index contributed by atoms with van der Waals surface area (Å²) in [5, 5.41) is 19.8. The lowest BCUT2D eigenvalue weighted by molar-refractivity contribution is -0.386. The average molecular weight is 286 g/mol. The summed E-state index contributed by atoms with van der Waals surface area (Å²) in [6.45, 7) is 0.418. The predicted octanol–water partition coefficient (Wildman–Crippen LogP) is 2.17. The molecule has 2 rings (SSSR count). The van der Waals surface area contributed by atoms with E-state index in [2.05, 4.69) is 0 Å². The fraction of sp³-hybridized carbons (Fsp3) is 0.417. The third-order valence-electron chi connectivity index (χ3n) is 3.38. The molecule has 0 saturated carbocycles. The van der Waals surface area contributed by atoms with Gasteiger partial charge in [0.15, 0.2) is 0 Å². The second-order valence-corrected chi connectivity index (χ2v) is 4.61. The summed E-state index contributed by atoms with van der Waals surface area (Å²) in [5.41, 5.74) is -0.920. The quantitative estimate of drug-likeness (QED) is 0.680. The van der Waals surface area contributed by atoms with E-state index in [0.717, 1.165) is 6.07 Å². The van der Waals surface area contributed by atoms with Crippen LogP contribution in [0.25, 0.3) is 0 Å². The third kappa shape index (κ3) is 2.68. The molecule has 1 N–H and O–H groups in total. The van der Waals surface area contributed by atoms with Gasteiger partial charge in [-0.1, -0.05) is 0 Å². The highest BCUT2D eigenvalue weighted by Gasteiger charge is 2.30. The molecule has 0 aliphatic carbocycles. The highest BCUT2D eigenvalue weighted by atomic mass is 19.1. The number of carbonyl (C=O) groups is 1.